The molecule has 0 saturated carbocycles. The van der Waals surface area contributed by atoms with Crippen molar-refractivity contribution in [2.75, 3.05) is 17.7 Å². The molecule has 2 aromatic carbocycles. The highest BCUT2D eigenvalue weighted by molar-refractivity contribution is 6.34. The van der Waals surface area contributed by atoms with E-state index >= 15 is 0 Å². The molecular weight excluding hydrogens is 304 g/mol. The quantitative estimate of drug-likeness (QED) is 0.905. The van der Waals surface area contributed by atoms with Crippen LogP contribution in [0.4, 0.5) is 11.4 Å². The fourth-order valence-electron chi connectivity index (χ4n) is 1.92. The van der Waals surface area contributed by atoms with E-state index in [4.69, 9.17) is 16.3 Å². The van der Waals surface area contributed by atoms with Gasteiger partial charge in [0.15, 0.2) is 0 Å². The van der Waals surface area contributed by atoms with Gasteiger partial charge in [0.2, 0.25) is 5.91 Å². The Hall–Kier alpha value is -2.53. The van der Waals surface area contributed by atoms with Crippen LogP contribution in [0.3, 0.4) is 0 Å². The number of benzene rings is 2. The average molecular weight is 319 g/mol. The summed E-state index contributed by atoms with van der Waals surface area (Å²) in [5.74, 6) is -0.196. The zero-order valence-electron chi connectivity index (χ0n) is 12.1. The molecule has 2 aromatic rings. The van der Waals surface area contributed by atoms with Gasteiger partial charge in [-0.25, -0.2) is 0 Å². The third-order valence-corrected chi connectivity index (χ3v) is 3.22. The Balaban J connectivity index is 2.31. The van der Waals surface area contributed by atoms with Gasteiger partial charge in [-0.05, 0) is 30.3 Å². The average Bonchev–Trinajstić information content (AvgIpc) is 2.49. The molecule has 0 aliphatic rings. The second kappa shape index (κ2) is 6.95. The lowest BCUT2D eigenvalue weighted by atomic mass is 10.1. The maximum absolute atomic E-state index is 12.4. The smallest absolute Gasteiger partial charge is 0.259 e. The van der Waals surface area contributed by atoms with E-state index in [9.17, 15) is 9.59 Å². The molecule has 0 aliphatic heterocycles. The summed E-state index contributed by atoms with van der Waals surface area (Å²) in [6.07, 6.45) is 0. The van der Waals surface area contributed by atoms with Crippen molar-refractivity contribution in [3.8, 4) is 5.75 Å². The van der Waals surface area contributed by atoms with E-state index in [1.54, 1.807) is 42.5 Å². The third kappa shape index (κ3) is 3.77. The second-order valence-electron chi connectivity index (χ2n) is 4.53. The van der Waals surface area contributed by atoms with E-state index < -0.39 is 0 Å². The van der Waals surface area contributed by atoms with E-state index in [1.807, 2.05) is 0 Å². The summed E-state index contributed by atoms with van der Waals surface area (Å²) in [7, 11) is 1.47. The maximum atomic E-state index is 12.4. The standard InChI is InChI=1S/C16H15ClN2O3/c1-10(20)18-11-7-8-15(22-2)12(9-11)16(21)19-14-6-4-3-5-13(14)17/h3-9H,1-2H3,(H,18,20)(H,19,21). The lowest BCUT2D eigenvalue weighted by Crippen LogP contribution is -2.14. The van der Waals surface area contributed by atoms with Crippen molar-refractivity contribution in [2.24, 2.45) is 0 Å². The number of amides is 2. The molecule has 2 rings (SSSR count). The van der Waals surface area contributed by atoms with Crippen LogP contribution in [-0.2, 0) is 4.79 Å². The number of hydrogen-bond acceptors (Lipinski definition) is 3. The fraction of sp³-hybridized carbons (Fsp3) is 0.125. The molecule has 0 heterocycles. The molecule has 22 heavy (non-hydrogen) atoms. The maximum Gasteiger partial charge on any atom is 0.259 e. The third-order valence-electron chi connectivity index (χ3n) is 2.89. The van der Waals surface area contributed by atoms with Crippen molar-refractivity contribution in [1.82, 2.24) is 0 Å². The van der Waals surface area contributed by atoms with Gasteiger partial charge in [0.25, 0.3) is 5.91 Å². The minimum absolute atomic E-state index is 0.220. The van der Waals surface area contributed by atoms with Gasteiger partial charge in [-0.1, -0.05) is 23.7 Å². The number of hydrogen-bond donors (Lipinski definition) is 2. The monoisotopic (exact) mass is 318 g/mol. The van der Waals surface area contributed by atoms with Gasteiger partial charge in [-0.15, -0.1) is 0 Å². The van der Waals surface area contributed by atoms with E-state index in [0.29, 0.717) is 27.7 Å². The highest BCUT2D eigenvalue weighted by Crippen LogP contribution is 2.26. The van der Waals surface area contributed by atoms with Crippen LogP contribution in [0.2, 0.25) is 5.02 Å². The number of rotatable bonds is 4. The van der Waals surface area contributed by atoms with Crippen molar-refractivity contribution >= 4 is 34.8 Å². The molecule has 0 spiro atoms. The predicted octanol–water partition coefficient (Wildman–Crippen LogP) is 3.56. The molecule has 0 aromatic heterocycles. The van der Waals surface area contributed by atoms with E-state index in [-0.39, 0.29) is 11.8 Å². The summed E-state index contributed by atoms with van der Waals surface area (Å²) < 4.78 is 5.19. The van der Waals surface area contributed by atoms with Gasteiger partial charge in [0.05, 0.1) is 23.4 Å². The topological polar surface area (TPSA) is 67.4 Å². The van der Waals surface area contributed by atoms with Gasteiger partial charge < -0.3 is 15.4 Å². The minimum atomic E-state index is -0.378. The zero-order valence-corrected chi connectivity index (χ0v) is 12.9. The van der Waals surface area contributed by atoms with Crippen molar-refractivity contribution in [3.05, 3.63) is 53.1 Å². The molecule has 2 N–H and O–H groups in total. The number of carbonyl (C=O) groups is 2. The highest BCUT2D eigenvalue weighted by Gasteiger charge is 2.15. The first kappa shape index (κ1) is 15.9. The van der Waals surface area contributed by atoms with E-state index in [2.05, 4.69) is 10.6 Å². The Morgan fingerprint density at radius 3 is 2.45 bits per heavy atom. The Labute approximate surface area is 133 Å². The van der Waals surface area contributed by atoms with Crippen LogP contribution in [-0.4, -0.2) is 18.9 Å². The van der Waals surface area contributed by atoms with E-state index in [0.717, 1.165) is 0 Å². The van der Waals surface area contributed by atoms with E-state index in [1.165, 1.54) is 14.0 Å². The van der Waals surface area contributed by atoms with Crippen molar-refractivity contribution in [1.29, 1.82) is 0 Å². The molecule has 0 unspecified atom stereocenters. The Morgan fingerprint density at radius 1 is 1.09 bits per heavy atom. The van der Waals surface area contributed by atoms with Crippen molar-refractivity contribution in [3.63, 3.8) is 0 Å². The Morgan fingerprint density at radius 2 is 1.82 bits per heavy atom. The summed E-state index contributed by atoms with van der Waals surface area (Å²) in [5.41, 5.74) is 1.31. The van der Waals surface area contributed by atoms with Gasteiger partial charge in [0, 0.05) is 12.6 Å². The first-order valence-electron chi connectivity index (χ1n) is 6.52. The summed E-state index contributed by atoms with van der Waals surface area (Å²) in [5, 5.41) is 5.78. The predicted molar refractivity (Wildman–Crippen MR) is 86.7 cm³/mol. The van der Waals surface area contributed by atoms with Crippen molar-refractivity contribution < 1.29 is 14.3 Å². The van der Waals surface area contributed by atoms with Crippen molar-refractivity contribution in [2.45, 2.75) is 6.92 Å². The van der Waals surface area contributed by atoms with Crippen LogP contribution in [0, 0.1) is 0 Å². The summed E-state index contributed by atoms with van der Waals surface area (Å²) in [6, 6.07) is 11.8. The second-order valence-corrected chi connectivity index (χ2v) is 4.94. The Kier molecular flexibility index (Phi) is 5.01. The highest BCUT2D eigenvalue weighted by atomic mass is 35.5. The molecule has 0 bridgehead atoms. The molecule has 0 aliphatic carbocycles. The summed E-state index contributed by atoms with van der Waals surface area (Å²) >= 11 is 6.03. The number of carbonyl (C=O) groups excluding carboxylic acids is 2. The zero-order chi connectivity index (χ0) is 16.1. The normalized spacial score (nSPS) is 9.95. The number of methoxy groups -OCH3 is 1. The molecule has 0 saturated heterocycles. The van der Waals surface area contributed by atoms with Gasteiger partial charge in [-0.2, -0.15) is 0 Å². The number of anilines is 2. The molecule has 0 fully saturated rings. The number of ether oxygens (including phenoxy) is 1. The van der Waals surface area contributed by atoms with Gasteiger partial charge in [-0.3, -0.25) is 9.59 Å². The number of halogens is 1. The SMILES string of the molecule is COc1ccc(NC(C)=O)cc1C(=O)Nc1ccccc1Cl. The molecule has 114 valence electrons. The van der Waals surface area contributed by atoms with Crippen LogP contribution in [0.15, 0.2) is 42.5 Å². The van der Waals surface area contributed by atoms with Crippen LogP contribution in [0.5, 0.6) is 5.75 Å². The van der Waals surface area contributed by atoms with Crippen LogP contribution >= 0.6 is 11.6 Å². The van der Waals surface area contributed by atoms with Crippen LogP contribution in [0.25, 0.3) is 0 Å². The molecule has 2 amide bonds. The lowest BCUT2D eigenvalue weighted by Gasteiger charge is -2.12. The first-order chi connectivity index (χ1) is 10.5. The molecule has 6 heteroatoms. The number of para-hydroxylation sites is 1. The first-order valence-corrected chi connectivity index (χ1v) is 6.90. The Bertz CT molecular complexity index is 716. The summed E-state index contributed by atoms with van der Waals surface area (Å²) in [6.45, 7) is 1.40. The molecular formula is C16H15ClN2O3. The summed E-state index contributed by atoms with van der Waals surface area (Å²) in [4.78, 5) is 23.5. The van der Waals surface area contributed by atoms with Crippen LogP contribution in [0.1, 0.15) is 17.3 Å². The van der Waals surface area contributed by atoms with Crippen LogP contribution < -0.4 is 15.4 Å². The molecule has 0 radical (unpaired) electrons. The largest absolute Gasteiger partial charge is 0.496 e. The van der Waals surface area contributed by atoms with Gasteiger partial charge in [0.1, 0.15) is 5.75 Å². The minimum Gasteiger partial charge on any atom is -0.496 e. The molecule has 0 atom stereocenters. The van der Waals surface area contributed by atoms with Gasteiger partial charge >= 0.3 is 0 Å². The molecule has 5 nitrogen and oxygen atoms in total. The fourth-order valence-corrected chi connectivity index (χ4v) is 2.10. The lowest BCUT2D eigenvalue weighted by molar-refractivity contribution is -0.114. The number of nitrogens with one attached hydrogen (secondary N) is 2.